The fourth-order valence-electron chi connectivity index (χ4n) is 2.71. The maximum absolute atomic E-state index is 12.6. The number of thiazole rings is 1. The van der Waals surface area contributed by atoms with Crippen molar-refractivity contribution in [2.45, 2.75) is 6.54 Å². The van der Waals surface area contributed by atoms with Crippen molar-refractivity contribution in [3.05, 3.63) is 98.2 Å². The van der Waals surface area contributed by atoms with Crippen LogP contribution in [-0.4, -0.2) is 20.7 Å². The van der Waals surface area contributed by atoms with E-state index in [0.29, 0.717) is 11.7 Å². The van der Waals surface area contributed by atoms with Crippen molar-refractivity contribution >= 4 is 38.3 Å². The quantitative estimate of drug-likeness (QED) is 0.471. The lowest BCUT2D eigenvalue weighted by molar-refractivity contribution is 0.102. The Bertz CT molecular complexity index is 1220. The molecule has 0 unspecified atom stereocenters. The molecule has 2 aromatic heterocycles. The first kappa shape index (κ1) is 19.2. The molecule has 2 heterocycles. The summed E-state index contributed by atoms with van der Waals surface area (Å²) < 4.78 is 2.23. The van der Waals surface area contributed by atoms with Gasteiger partial charge in [-0.25, -0.2) is 9.67 Å². The monoisotopic (exact) mass is 466 g/mol. The van der Waals surface area contributed by atoms with Gasteiger partial charge in [0, 0.05) is 21.5 Å². The topological polar surface area (TPSA) is 76.9 Å². The molecule has 1 amide bonds. The molecule has 8 heteroatoms. The average Bonchev–Trinajstić information content (AvgIpc) is 3.19. The van der Waals surface area contributed by atoms with Crippen LogP contribution in [0.25, 0.3) is 11.3 Å². The van der Waals surface area contributed by atoms with E-state index in [1.165, 1.54) is 28.2 Å². The Morgan fingerprint density at radius 2 is 1.90 bits per heavy atom. The van der Waals surface area contributed by atoms with E-state index in [-0.39, 0.29) is 11.3 Å². The summed E-state index contributed by atoms with van der Waals surface area (Å²) in [7, 11) is 0. The number of benzene rings is 2. The van der Waals surface area contributed by atoms with Crippen molar-refractivity contribution in [1.29, 1.82) is 0 Å². The second kappa shape index (κ2) is 8.50. The summed E-state index contributed by atoms with van der Waals surface area (Å²) in [5, 5.41) is 9.30. The van der Waals surface area contributed by atoms with E-state index in [1.807, 2.05) is 60.0 Å². The van der Waals surface area contributed by atoms with Crippen molar-refractivity contribution in [2.75, 3.05) is 5.32 Å². The molecule has 0 atom stereocenters. The first-order valence-corrected chi connectivity index (χ1v) is 10.4. The van der Waals surface area contributed by atoms with Gasteiger partial charge in [-0.3, -0.25) is 14.9 Å². The minimum atomic E-state index is -0.415. The summed E-state index contributed by atoms with van der Waals surface area (Å²) in [6.45, 7) is 0.297. The van der Waals surface area contributed by atoms with Gasteiger partial charge in [-0.1, -0.05) is 58.4 Å². The van der Waals surface area contributed by atoms with Gasteiger partial charge in [-0.2, -0.15) is 5.10 Å². The highest BCUT2D eigenvalue weighted by atomic mass is 79.9. The number of hydrogen-bond donors (Lipinski definition) is 1. The lowest BCUT2D eigenvalue weighted by Gasteiger charge is -2.07. The average molecular weight is 467 g/mol. The van der Waals surface area contributed by atoms with E-state index in [4.69, 9.17) is 0 Å². The molecule has 29 heavy (non-hydrogen) atoms. The highest BCUT2D eigenvalue weighted by Gasteiger charge is 2.13. The summed E-state index contributed by atoms with van der Waals surface area (Å²) in [5.74, 6) is -0.415. The Hall–Kier alpha value is -3.10. The molecule has 6 nitrogen and oxygen atoms in total. The first-order chi connectivity index (χ1) is 14.1. The summed E-state index contributed by atoms with van der Waals surface area (Å²) in [6, 6.07) is 20.0. The van der Waals surface area contributed by atoms with E-state index in [1.54, 1.807) is 0 Å². The zero-order chi connectivity index (χ0) is 20.2. The Labute approximate surface area is 179 Å². The third kappa shape index (κ3) is 4.67. The highest BCUT2D eigenvalue weighted by Crippen LogP contribution is 2.27. The van der Waals surface area contributed by atoms with Crippen molar-refractivity contribution in [1.82, 2.24) is 14.8 Å². The van der Waals surface area contributed by atoms with E-state index < -0.39 is 5.91 Å². The predicted octanol–water partition coefficient (Wildman–Crippen LogP) is 4.43. The molecule has 4 rings (SSSR count). The van der Waals surface area contributed by atoms with Crippen LogP contribution in [0, 0.1) is 0 Å². The van der Waals surface area contributed by atoms with Crippen LogP contribution in [0.3, 0.4) is 0 Å². The molecule has 0 fully saturated rings. The number of anilines is 1. The predicted molar refractivity (Wildman–Crippen MR) is 117 cm³/mol. The van der Waals surface area contributed by atoms with E-state index >= 15 is 0 Å². The largest absolute Gasteiger partial charge is 0.296 e. The van der Waals surface area contributed by atoms with Crippen molar-refractivity contribution < 1.29 is 4.79 Å². The maximum Gasteiger partial charge on any atom is 0.277 e. The van der Waals surface area contributed by atoms with Crippen LogP contribution < -0.4 is 10.9 Å². The van der Waals surface area contributed by atoms with Crippen molar-refractivity contribution in [3.8, 4) is 11.3 Å². The van der Waals surface area contributed by atoms with Gasteiger partial charge < -0.3 is 0 Å². The Morgan fingerprint density at radius 3 is 2.69 bits per heavy atom. The number of carbonyl (C=O) groups is 1. The lowest BCUT2D eigenvalue weighted by atomic mass is 10.2. The number of aromatic nitrogens is 3. The molecule has 1 N–H and O–H groups in total. The summed E-state index contributed by atoms with van der Waals surface area (Å²) in [4.78, 5) is 29.2. The zero-order valence-corrected chi connectivity index (χ0v) is 17.5. The standard InChI is InChI=1S/C21H15BrN4O2S/c22-16-8-4-7-15(11-16)18-13-29-21(23-18)24-20(28)17-9-10-19(27)26(25-17)12-14-5-2-1-3-6-14/h1-11,13H,12H2,(H,23,24,28). The molecule has 2 aromatic carbocycles. The molecule has 0 aliphatic rings. The van der Waals surface area contributed by atoms with Gasteiger partial charge in [0.1, 0.15) is 5.69 Å². The lowest BCUT2D eigenvalue weighted by Crippen LogP contribution is -2.26. The fraction of sp³-hybridized carbons (Fsp3) is 0.0476. The summed E-state index contributed by atoms with van der Waals surface area (Å²) >= 11 is 4.77. The molecule has 0 bridgehead atoms. The molecule has 0 spiro atoms. The Balaban J connectivity index is 1.52. The number of nitrogens with zero attached hydrogens (tertiary/aromatic N) is 3. The normalized spacial score (nSPS) is 10.7. The van der Waals surface area contributed by atoms with Crippen LogP contribution in [0.2, 0.25) is 0 Å². The Morgan fingerprint density at radius 1 is 1.07 bits per heavy atom. The number of halogens is 1. The molecule has 0 aliphatic heterocycles. The van der Waals surface area contributed by atoms with Crippen molar-refractivity contribution in [3.63, 3.8) is 0 Å². The van der Waals surface area contributed by atoms with Gasteiger partial charge in [0.2, 0.25) is 0 Å². The SMILES string of the molecule is O=C(Nc1nc(-c2cccc(Br)c2)cs1)c1ccc(=O)n(Cc2ccccc2)n1. The molecule has 0 saturated heterocycles. The van der Waals surface area contributed by atoms with Gasteiger partial charge in [0.15, 0.2) is 5.13 Å². The van der Waals surface area contributed by atoms with E-state index in [0.717, 1.165) is 21.3 Å². The van der Waals surface area contributed by atoms with Crippen LogP contribution in [0.5, 0.6) is 0 Å². The first-order valence-electron chi connectivity index (χ1n) is 8.73. The van der Waals surface area contributed by atoms with Gasteiger partial charge >= 0.3 is 0 Å². The fourth-order valence-corrected chi connectivity index (χ4v) is 3.83. The number of nitrogens with one attached hydrogen (secondary N) is 1. The number of carbonyl (C=O) groups excluding carboxylic acids is 1. The van der Waals surface area contributed by atoms with Crippen LogP contribution >= 0.6 is 27.3 Å². The second-order valence-electron chi connectivity index (χ2n) is 6.20. The van der Waals surface area contributed by atoms with Crippen LogP contribution in [0.4, 0.5) is 5.13 Å². The molecule has 0 radical (unpaired) electrons. The Kier molecular flexibility index (Phi) is 5.64. The van der Waals surface area contributed by atoms with Crippen LogP contribution in [-0.2, 0) is 6.54 Å². The molecule has 144 valence electrons. The van der Waals surface area contributed by atoms with Crippen LogP contribution in [0.15, 0.2) is 81.4 Å². The van der Waals surface area contributed by atoms with Gasteiger partial charge in [0.25, 0.3) is 11.5 Å². The minimum Gasteiger partial charge on any atom is -0.296 e. The smallest absolute Gasteiger partial charge is 0.277 e. The summed E-state index contributed by atoms with van der Waals surface area (Å²) in [5.41, 5.74) is 2.54. The van der Waals surface area contributed by atoms with Gasteiger partial charge in [-0.05, 0) is 23.8 Å². The molecular formula is C21H15BrN4O2S. The van der Waals surface area contributed by atoms with E-state index in [9.17, 15) is 9.59 Å². The molecule has 4 aromatic rings. The maximum atomic E-state index is 12.6. The third-order valence-corrected chi connectivity index (χ3v) is 5.37. The molecular weight excluding hydrogens is 452 g/mol. The molecule has 0 aliphatic carbocycles. The second-order valence-corrected chi connectivity index (χ2v) is 7.98. The summed E-state index contributed by atoms with van der Waals surface area (Å²) in [6.07, 6.45) is 0. The number of hydrogen-bond acceptors (Lipinski definition) is 5. The van der Waals surface area contributed by atoms with E-state index in [2.05, 4.69) is 31.3 Å². The zero-order valence-electron chi connectivity index (χ0n) is 15.1. The molecule has 0 saturated carbocycles. The number of amides is 1. The van der Waals surface area contributed by atoms with Crippen molar-refractivity contribution in [2.24, 2.45) is 0 Å². The minimum absolute atomic E-state index is 0.153. The van der Waals surface area contributed by atoms with Gasteiger partial charge in [0.05, 0.1) is 12.2 Å². The van der Waals surface area contributed by atoms with Crippen LogP contribution in [0.1, 0.15) is 16.1 Å². The van der Waals surface area contributed by atoms with Gasteiger partial charge in [-0.15, -0.1) is 11.3 Å². The highest BCUT2D eigenvalue weighted by molar-refractivity contribution is 9.10. The third-order valence-electron chi connectivity index (χ3n) is 4.12. The number of rotatable bonds is 5.